The second kappa shape index (κ2) is 6.58. The molecule has 1 aromatic rings. The summed E-state index contributed by atoms with van der Waals surface area (Å²) >= 11 is 7.01. The molecule has 0 amide bonds. The highest BCUT2D eigenvalue weighted by Crippen LogP contribution is 2.31. The predicted molar refractivity (Wildman–Crippen MR) is 81.4 cm³/mol. The summed E-state index contributed by atoms with van der Waals surface area (Å²) in [5.41, 5.74) is 1.07. The summed E-state index contributed by atoms with van der Waals surface area (Å²) in [6, 6.07) is 8.83. The fourth-order valence-electron chi connectivity index (χ4n) is 2.44. The summed E-state index contributed by atoms with van der Waals surface area (Å²) in [4.78, 5) is 0. The first-order valence-electron chi connectivity index (χ1n) is 6.32. The van der Waals surface area contributed by atoms with Crippen LogP contribution < -0.4 is 5.32 Å². The highest BCUT2D eigenvalue weighted by molar-refractivity contribution is 9.11. The van der Waals surface area contributed by atoms with Crippen LogP contribution in [0.1, 0.15) is 32.1 Å². The van der Waals surface area contributed by atoms with Gasteiger partial charge in [0, 0.05) is 20.7 Å². The second-order valence-corrected chi connectivity index (χ2v) is 6.52. The molecule has 4 heteroatoms. The standard InChI is InChI=1S/C14H16Br2N2/c15-11-6-7-14(12(16)8-11)18-13-5-3-1-2-4-10(13)9-17/h6-8,10,13,18H,1-5H2. The summed E-state index contributed by atoms with van der Waals surface area (Å²) < 4.78 is 2.09. The molecule has 0 radical (unpaired) electrons. The zero-order valence-corrected chi connectivity index (χ0v) is 13.3. The molecule has 0 aliphatic heterocycles. The van der Waals surface area contributed by atoms with Crippen LogP contribution in [0.25, 0.3) is 0 Å². The number of benzene rings is 1. The molecule has 2 unspecified atom stereocenters. The quantitative estimate of drug-likeness (QED) is 0.734. The van der Waals surface area contributed by atoms with Crippen LogP contribution in [0.5, 0.6) is 0 Å². The van der Waals surface area contributed by atoms with Crippen molar-refractivity contribution in [1.29, 1.82) is 5.26 Å². The Balaban J connectivity index is 2.13. The number of nitriles is 1. The minimum atomic E-state index is 0.128. The van der Waals surface area contributed by atoms with Crippen molar-refractivity contribution in [3.63, 3.8) is 0 Å². The Kier molecular flexibility index (Phi) is 5.08. The van der Waals surface area contributed by atoms with E-state index in [-0.39, 0.29) is 12.0 Å². The number of hydrogen-bond donors (Lipinski definition) is 1. The lowest BCUT2D eigenvalue weighted by atomic mass is 9.96. The van der Waals surface area contributed by atoms with Gasteiger partial charge in [-0.15, -0.1) is 0 Å². The van der Waals surface area contributed by atoms with Crippen molar-refractivity contribution in [2.75, 3.05) is 5.32 Å². The Labute approximate surface area is 125 Å². The third-order valence-electron chi connectivity index (χ3n) is 3.45. The molecule has 2 atom stereocenters. The molecule has 1 aromatic carbocycles. The van der Waals surface area contributed by atoms with Crippen molar-refractivity contribution in [1.82, 2.24) is 0 Å². The molecular formula is C14H16Br2N2. The molecule has 2 nitrogen and oxygen atoms in total. The first kappa shape index (κ1) is 13.9. The maximum atomic E-state index is 9.27. The topological polar surface area (TPSA) is 35.8 Å². The number of anilines is 1. The van der Waals surface area contributed by atoms with Crippen molar-refractivity contribution in [2.24, 2.45) is 5.92 Å². The fourth-order valence-corrected chi connectivity index (χ4v) is 3.60. The van der Waals surface area contributed by atoms with Gasteiger partial charge in [-0.25, -0.2) is 0 Å². The smallest absolute Gasteiger partial charge is 0.0677 e. The minimum Gasteiger partial charge on any atom is -0.380 e. The van der Waals surface area contributed by atoms with E-state index < -0.39 is 0 Å². The Morgan fingerprint density at radius 3 is 2.67 bits per heavy atom. The molecule has 2 rings (SSSR count). The van der Waals surface area contributed by atoms with E-state index in [1.54, 1.807) is 0 Å². The molecule has 0 bridgehead atoms. The first-order chi connectivity index (χ1) is 8.70. The molecule has 0 spiro atoms. The van der Waals surface area contributed by atoms with Gasteiger partial charge in [-0.1, -0.05) is 35.2 Å². The van der Waals surface area contributed by atoms with E-state index >= 15 is 0 Å². The fraction of sp³-hybridized carbons (Fsp3) is 0.500. The number of hydrogen-bond acceptors (Lipinski definition) is 2. The molecule has 1 fully saturated rings. The van der Waals surface area contributed by atoms with Crippen LogP contribution >= 0.6 is 31.9 Å². The van der Waals surface area contributed by atoms with Crippen LogP contribution in [0, 0.1) is 17.2 Å². The zero-order valence-electron chi connectivity index (χ0n) is 10.1. The van der Waals surface area contributed by atoms with Gasteiger partial charge in [0.05, 0.1) is 12.0 Å². The van der Waals surface area contributed by atoms with E-state index in [4.69, 9.17) is 0 Å². The largest absolute Gasteiger partial charge is 0.380 e. The lowest BCUT2D eigenvalue weighted by Gasteiger charge is -2.22. The van der Waals surface area contributed by atoms with E-state index in [0.717, 1.165) is 27.5 Å². The van der Waals surface area contributed by atoms with Gasteiger partial charge >= 0.3 is 0 Å². The second-order valence-electron chi connectivity index (χ2n) is 4.75. The van der Waals surface area contributed by atoms with E-state index in [2.05, 4.69) is 43.2 Å². The van der Waals surface area contributed by atoms with E-state index in [9.17, 15) is 5.26 Å². The molecule has 0 saturated heterocycles. The van der Waals surface area contributed by atoms with Crippen molar-refractivity contribution < 1.29 is 0 Å². The van der Waals surface area contributed by atoms with Gasteiger partial charge in [-0.2, -0.15) is 5.26 Å². The Hall–Kier alpha value is -0.530. The van der Waals surface area contributed by atoms with Crippen molar-refractivity contribution in [2.45, 2.75) is 38.1 Å². The van der Waals surface area contributed by atoms with Crippen LogP contribution in [0.3, 0.4) is 0 Å². The first-order valence-corrected chi connectivity index (χ1v) is 7.90. The summed E-state index contributed by atoms with van der Waals surface area (Å²) in [6.45, 7) is 0. The number of nitrogens with one attached hydrogen (secondary N) is 1. The Bertz CT molecular complexity index is 454. The predicted octanol–water partition coefficient (Wildman–Crippen LogP) is 5.10. The monoisotopic (exact) mass is 370 g/mol. The summed E-state index contributed by atoms with van der Waals surface area (Å²) in [7, 11) is 0. The van der Waals surface area contributed by atoms with Crippen LogP contribution in [-0.2, 0) is 0 Å². The van der Waals surface area contributed by atoms with Gasteiger partial charge in [0.2, 0.25) is 0 Å². The van der Waals surface area contributed by atoms with Crippen LogP contribution in [0.2, 0.25) is 0 Å². The van der Waals surface area contributed by atoms with Crippen LogP contribution in [-0.4, -0.2) is 6.04 Å². The summed E-state index contributed by atoms with van der Waals surface area (Å²) in [5, 5.41) is 12.8. The van der Waals surface area contributed by atoms with Gasteiger partial charge < -0.3 is 5.32 Å². The molecule has 0 aromatic heterocycles. The number of halogens is 2. The normalized spacial score (nSPS) is 24.1. The molecular weight excluding hydrogens is 356 g/mol. The number of nitrogens with zero attached hydrogens (tertiary/aromatic N) is 1. The SMILES string of the molecule is N#CC1CCCCCC1Nc1ccc(Br)cc1Br. The Morgan fingerprint density at radius 1 is 1.17 bits per heavy atom. The van der Waals surface area contributed by atoms with E-state index in [1.165, 1.54) is 19.3 Å². The van der Waals surface area contributed by atoms with E-state index in [0.29, 0.717) is 0 Å². The molecule has 1 N–H and O–H groups in total. The van der Waals surface area contributed by atoms with Gasteiger partial charge in [-0.05, 0) is 47.0 Å². The van der Waals surface area contributed by atoms with Crippen molar-refractivity contribution in [3.05, 3.63) is 27.1 Å². The van der Waals surface area contributed by atoms with Crippen LogP contribution in [0.15, 0.2) is 27.1 Å². The average Bonchev–Trinajstić information content (AvgIpc) is 2.57. The zero-order chi connectivity index (χ0) is 13.0. The van der Waals surface area contributed by atoms with E-state index in [1.807, 2.05) is 18.2 Å². The highest BCUT2D eigenvalue weighted by atomic mass is 79.9. The molecule has 1 aliphatic carbocycles. The highest BCUT2D eigenvalue weighted by Gasteiger charge is 2.23. The Morgan fingerprint density at radius 2 is 1.94 bits per heavy atom. The van der Waals surface area contributed by atoms with Gasteiger partial charge in [0.25, 0.3) is 0 Å². The van der Waals surface area contributed by atoms with Crippen LogP contribution in [0.4, 0.5) is 5.69 Å². The molecule has 18 heavy (non-hydrogen) atoms. The summed E-state index contributed by atoms with van der Waals surface area (Å²) in [5.74, 6) is 0.128. The van der Waals surface area contributed by atoms with Gasteiger partial charge in [0.1, 0.15) is 0 Å². The lowest BCUT2D eigenvalue weighted by molar-refractivity contribution is 0.514. The summed E-state index contributed by atoms with van der Waals surface area (Å²) in [6.07, 6.45) is 5.74. The maximum absolute atomic E-state index is 9.27. The molecule has 96 valence electrons. The molecule has 0 heterocycles. The molecule has 1 saturated carbocycles. The van der Waals surface area contributed by atoms with Gasteiger partial charge in [0.15, 0.2) is 0 Å². The third kappa shape index (κ3) is 3.49. The van der Waals surface area contributed by atoms with Crippen molar-refractivity contribution >= 4 is 37.5 Å². The average molecular weight is 372 g/mol. The third-order valence-corrected chi connectivity index (χ3v) is 4.60. The number of rotatable bonds is 2. The lowest BCUT2D eigenvalue weighted by Crippen LogP contribution is -2.27. The van der Waals surface area contributed by atoms with Gasteiger partial charge in [-0.3, -0.25) is 0 Å². The van der Waals surface area contributed by atoms with Crippen molar-refractivity contribution in [3.8, 4) is 6.07 Å². The minimum absolute atomic E-state index is 0.128. The maximum Gasteiger partial charge on any atom is 0.0677 e. The molecule has 1 aliphatic rings.